The average Bonchev–Trinajstić information content (AvgIpc) is 2.87. The first-order chi connectivity index (χ1) is 18.1. The summed E-state index contributed by atoms with van der Waals surface area (Å²) in [6, 6.07) is 15.4. The smallest absolute Gasteiger partial charge is 0.419 e. The highest BCUT2D eigenvalue weighted by Gasteiger charge is 2.28. The summed E-state index contributed by atoms with van der Waals surface area (Å²) in [5.74, 6) is 0.210. The average molecular weight is 520 g/mol. The standard InChI is InChI=1S/C28H27F2N5O3/c1-28(2,3)38-27(36)35(21-10-12-22(13-11-21)37-25-14-9-20(30)16-32-25)24-17-33-26(31-4)34-23(24)15-18-5-7-19(29)8-6-18/h5-14,16-17H,15H2,1-4H3,(H,31,33,34). The number of amides is 1. The SMILES string of the molecule is CNc1ncc(N(C(=O)OC(C)(C)C)c2ccc(Oc3ccc(F)cn3)cc2)c(Cc2ccc(F)cc2)n1. The van der Waals surface area contributed by atoms with Gasteiger partial charge >= 0.3 is 6.09 Å². The van der Waals surface area contributed by atoms with Crippen molar-refractivity contribution in [2.24, 2.45) is 0 Å². The zero-order chi connectivity index (χ0) is 27.3. The van der Waals surface area contributed by atoms with Crippen LogP contribution >= 0.6 is 0 Å². The van der Waals surface area contributed by atoms with Crippen molar-refractivity contribution in [3.8, 4) is 11.6 Å². The molecule has 8 nitrogen and oxygen atoms in total. The highest BCUT2D eigenvalue weighted by Crippen LogP contribution is 2.33. The number of pyridine rings is 1. The lowest BCUT2D eigenvalue weighted by molar-refractivity contribution is 0.0598. The number of ether oxygens (including phenoxy) is 2. The maximum atomic E-state index is 13.5. The van der Waals surface area contributed by atoms with E-state index in [0.29, 0.717) is 35.2 Å². The molecule has 196 valence electrons. The van der Waals surface area contributed by atoms with Crippen LogP contribution in [0.3, 0.4) is 0 Å². The summed E-state index contributed by atoms with van der Waals surface area (Å²) in [4.78, 5) is 27.7. The van der Waals surface area contributed by atoms with Gasteiger partial charge < -0.3 is 14.8 Å². The first-order valence-electron chi connectivity index (χ1n) is 11.8. The molecule has 2 heterocycles. The minimum Gasteiger partial charge on any atom is -0.443 e. The minimum absolute atomic E-state index is 0.223. The van der Waals surface area contributed by atoms with E-state index in [-0.39, 0.29) is 11.7 Å². The van der Waals surface area contributed by atoms with Gasteiger partial charge in [-0.2, -0.15) is 0 Å². The Morgan fingerprint density at radius 3 is 2.21 bits per heavy atom. The van der Waals surface area contributed by atoms with Crippen LogP contribution in [0.1, 0.15) is 32.0 Å². The van der Waals surface area contributed by atoms with E-state index in [1.807, 2.05) is 0 Å². The lowest BCUT2D eigenvalue weighted by Crippen LogP contribution is -2.34. The molecule has 1 N–H and O–H groups in total. The number of benzene rings is 2. The van der Waals surface area contributed by atoms with Gasteiger partial charge in [0.05, 0.1) is 29.5 Å². The Morgan fingerprint density at radius 1 is 0.921 bits per heavy atom. The van der Waals surface area contributed by atoms with Crippen LogP contribution in [0.4, 0.5) is 30.9 Å². The van der Waals surface area contributed by atoms with Crippen molar-refractivity contribution in [1.29, 1.82) is 0 Å². The summed E-state index contributed by atoms with van der Waals surface area (Å²) >= 11 is 0. The lowest BCUT2D eigenvalue weighted by atomic mass is 10.1. The Kier molecular flexibility index (Phi) is 7.80. The van der Waals surface area contributed by atoms with Crippen LogP contribution in [-0.2, 0) is 11.2 Å². The Bertz CT molecular complexity index is 1390. The van der Waals surface area contributed by atoms with E-state index >= 15 is 0 Å². The van der Waals surface area contributed by atoms with Crippen LogP contribution in [-0.4, -0.2) is 33.7 Å². The summed E-state index contributed by atoms with van der Waals surface area (Å²) in [6.07, 6.45) is 2.27. The lowest BCUT2D eigenvalue weighted by Gasteiger charge is -2.28. The highest BCUT2D eigenvalue weighted by molar-refractivity contribution is 5.96. The topological polar surface area (TPSA) is 89.5 Å². The molecule has 0 bridgehead atoms. The Hall–Kier alpha value is -4.60. The van der Waals surface area contributed by atoms with Crippen molar-refractivity contribution in [2.45, 2.75) is 32.8 Å². The molecule has 0 radical (unpaired) electrons. The van der Waals surface area contributed by atoms with Gasteiger partial charge in [-0.1, -0.05) is 12.1 Å². The Morgan fingerprint density at radius 2 is 1.61 bits per heavy atom. The van der Waals surface area contributed by atoms with Crippen LogP contribution in [0.25, 0.3) is 0 Å². The van der Waals surface area contributed by atoms with Gasteiger partial charge in [0, 0.05) is 19.5 Å². The van der Waals surface area contributed by atoms with Gasteiger partial charge in [-0.25, -0.2) is 33.4 Å². The second-order valence-electron chi connectivity index (χ2n) is 9.31. The Labute approximate surface area is 219 Å². The van der Waals surface area contributed by atoms with E-state index in [2.05, 4.69) is 20.3 Å². The van der Waals surface area contributed by atoms with Gasteiger partial charge in [-0.3, -0.25) is 0 Å². The third-order valence-electron chi connectivity index (χ3n) is 5.19. The van der Waals surface area contributed by atoms with Crippen molar-refractivity contribution in [2.75, 3.05) is 17.3 Å². The second-order valence-corrected chi connectivity index (χ2v) is 9.31. The van der Waals surface area contributed by atoms with E-state index in [1.54, 1.807) is 64.2 Å². The molecular formula is C28H27F2N5O3. The van der Waals surface area contributed by atoms with E-state index in [0.717, 1.165) is 11.8 Å². The van der Waals surface area contributed by atoms with E-state index in [4.69, 9.17) is 9.47 Å². The van der Waals surface area contributed by atoms with Crippen molar-refractivity contribution in [1.82, 2.24) is 15.0 Å². The van der Waals surface area contributed by atoms with Gasteiger partial charge in [0.1, 0.15) is 23.0 Å². The van der Waals surface area contributed by atoms with Gasteiger partial charge in [0.2, 0.25) is 11.8 Å². The summed E-state index contributed by atoms with van der Waals surface area (Å²) < 4.78 is 38.0. The van der Waals surface area contributed by atoms with E-state index in [9.17, 15) is 13.6 Å². The van der Waals surface area contributed by atoms with E-state index in [1.165, 1.54) is 35.4 Å². The summed E-state index contributed by atoms with van der Waals surface area (Å²) in [6.45, 7) is 5.32. The van der Waals surface area contributed by atoms with Gasteiger partial charge in [0.15, 0.2) is 0 Å². The number of carbonyl (C=O) groups excluding carboxylic acids is 1. The number of rotatable bonds is 7. The molecule has 4 rings (SSSR count). The molecule has 4 aromatic rings. The largest absolute Gasteiger partial charge is 0.443 e. The molecule has 0 fully saturated rings. The molecule has 0 saturated carbocycles. The van der Waals surface area contributed by atoms with Crippen LogP contribution in [0.5, 0.6) is 11.6 Å². The summed E-state index contributed by atoms with van der Waals surface area (Å²) in [7, 11) is 1.69. The monoisotopic (exact) mass is 519 g/mol. The second kappa shape index (κ2) is 11.2. The molecule has 38 heavy (non-hydrogen) atoms. The van der Waals surface area contributed by atoms with E-state index < -0.39 is 17.5 Å². The highest BCUT2D eigenvalue weighted by atomic mass is 19.1. The normalized spacial score (nSPS) is 11.1. The van der Waals surface area contributed by atoms with Gasteiger partial charge in [-0.05, 0) is 68.8 Å². The number of aromatic nitrogens is 3. The van der Waals surface area contributed by atoms with Gasteiger partial charge in [-0.15, -0.1) is 0 Å². The van der Waals surface area contributed by atoms with Crippen LogP contribution in [0, 0.1) is 11.6 Å². The number of carbonyl (C=O) groups is 1. The summed E-state index contributed by atoms with van der Waals surface area (Å²) in [5, 5.41) is 2.91. The predicted octanol–water partition coefficient (Wildman–Crippen LogP) is 6.65. The van der Waals surface area contributed by atoms with Crippen LogP contribution in [0.15, 0.2) is 73.1 Å². The molecule has 2 aromatic carbocycles. The summed E-state index contributed by atoms with van der Waals surface area (Å²) in [5.41, 5.74) is 1.43. The minimum atomic E-state index is -0.768. The van der Waals surface area contributed by atoms with Crippen molar-refractivity contribution in [3.05, 3.63) is 95.9 Å². The molecule has 0 spiro atoms. The molecule has 0 aliphatic rings. The zero-order valence-electron chi connectivity index (χ0n) is 21.4. The fourth-order valence-corrected chi connectivity index (χ4v) is 3.50. The first-order valence-corrected chi connectivity index (χ1v) is 11.8. The maximum absolute atomic E-state index is 13.5. The van der Waals surface area contributed by atoms with Crippen LogP contribution in [0.2, 0.25) is 0 Å². The predicted molar refractivity (Wildman–Crippen MR) is 140 cm³/mol. The van der Waals surface area contributed by atoms with Crippen molar-refractivity contribution >= 4 is 23.4 Å². The molecule has 0 aliphatic heterocycles. The Balaban J connectivity index is 1.73. The van der Waals surface area contributed by atoms with Gasteiger partial charge in [0.25, 0.3) is 0 Å². The molecule has 0 unspecified atom stereocenters. The quantitative estimate of drug-likeness (QED) is 0.292. The number of anilines is 3. The molecule has 1 amide bonds. The molecular weight excluding hydrogens is 492 g/mol. The molecule has 0 aliphatic carbocycles. The number of hydrogen-bond donors (Lipinski definition) is 1. The number of nitrogens with one attached hydrogen (secondary N) is 1. The number of hydrogen-bond acceptors (Lipinski definition) is 7. The molecule has 10 heteroatoms. The van der Waals surface area contributed by atoms with Crippen molar-refractivity contribution in [3.63, 3.8) is 0 Å². The molecule has 0 atom stereocenters. The number of halogens is 2. The number of nitrogens with zero attached hydrogens (tertiary/aromatic N) is 4. The maximum Gasteiger partial charge on any atom is 0.419 e. The molecule has 2 aromatic heterocycles. The van der Waals surface area contributed by atoms with Crippen molar-refractivity contribution < 1.29 is 23.0 Å². The zero-order valence-corrected chi connectivity index (χ0v) is 21.4. The fraction of sp³-hybridized carbons (Fsp3) is 0.214. The van der Waals surface area contributed by atoms with Crippen LogP contribution < -0.4 is 15.0 Å². The third-order valence-corrected chi connectivity index (χ3v) is 5.19. The third kappa shape index (κ3) is 6.78. The molecule has 0 saturated heterocycles. The first kappa shape index (κ1) is 26.5. The fourth-order valence-electron chi connectivity index (χ4n) is 3.50.